The Kier molecular flexibility index (Phi) is 5.75. The molecule has 2 aromatic rings. The maximum Gasteiger partial charge on any atom is 0.272 e. The lowest BCUT2D eigenvalue weighted by atomic mass is 9.91. The maximum atomic E-state index is 13.2. The van der Waals surface area contributed by atoms with E-state index in [1.165, 1.54) is 19.3 Å². The van der Waals surface area contributed by atoms with Crippen LogP contribution in [0.1, 0.15) is 58.8 Å². The van der Waals surface area contributed by atoms with Crippen molar-refractivity contribution in [3.8, 4) is 5.75 Å². The van der Waals surface area contributed by atoms with Crippen LogP contribution >= 0.6 is 0 Å². The van der Waals surface area contributed by atoms with Crippen LogP contribution < -0.4 is 19.9 Å². The molecule has 9 nitrogen and oxygen atoms in total. The summed E-state index contributed by atoms with van der Waals surface area (Å²) >= 11 is 0. The van der Waals surface area contributed by atoms with E-state index in [-0.39, 0.29) is 11.9 Å². The summed E-state index contributed by atoms with van der Waals surface area (Å²) in [5, 5.41) is 3.21. The number of carbonyl (C=O) groups is 1. The average molecular weight is 478 g/mol. The monoisotopic (exact) mass is 477 g/mol. The molecule has 2 aromatic heterocycles. The molecule has 0 aromatic carbocycles. The molecule has 9 heteroatoms. The van der Waals surface area contributed by atoms with Gasteiger partial charge in [-0.25, -0.2) is 9.97 Å². The minimum Gasteiger partial charge on any atom is -0.472 e. The van der Waals surface area contributed by atoms with Crippen LogP contribution in [0.3, 0.4) is 0 Å². The van der Waals surface area contributed by atoms with Crippen LogP contribution in [0.5, 0.6) is 5.75 Å². The van der Waals surface area contributed by atoms with Gasteiger partial charge in [0.1, 0.15) is 5.82 Å². The predicted molar refractivity (Wildman–Crippen MR) is 135 cm³/mol. The molecule has 0 atom stereocenters. The number of fused-ring (bicyclic) bond motifs is 1. The predicted octanol–water partition coefficient (Wildman–Crippen LogP) is 3.74. The molecule has 2 aliphatic carbocycles. The first-order chi connectivity index (χ1) is 17.0. The normalized spacial score (nSPS) is 23.1. The van der Waals surface area contributed by atoms with Gasteiger partial charge < -0.3 is 15.0 Å². The largest absolute Gasteiger partial charge is 0.472 e. The van der Waals surface area contributed by atoms with Gasteiger partial charge in [0.05, 0.1) is 18.1 Å². The number of nitrogens with one attached hydrogen (secondary N) is 1. The molecular formula is C26H35N7O2. The van der Waals surface area contributed by atoms with Gasteiger partial charge in [0.15, 0.2) is 17.2 Å². The number of piperazine rings is 1. The van der Waals surface area contributed by atoms with E-state index in [0.717, 1.165) is 63.6 Å². The van der Waals surface area contributed by atoms with Crippen LogP contribution in [0.2, 0.25) is 0 Å². The topological polar surface area (TPSA) is 86.7 Å². The molecule has 2 saturated carbocycles. The molecule has 6 rings (SSSR count). The summed E-state index contributed by atoms with van der Waals surface area (Å²) in [6, 6.07) is 5.05. The number of rotatable bonds is 5. The van der Waals surface area contributed by atoms with Crippen molar-refractivity contribution in [2.45, 2.75) is 76.5 Å². The fraction of sp³-hybridized carbons (Fsp3) is 0.615. The van der Waals surface area contributed by atoms with Crippen molar-refractivity contribution in [1.29, 1.82) is 0 Å². The number of aromatic nitrogens is 3. The third-order valence-corrected chi connectivity index (χ3v) is 8.01. The van der Waals surface area contributed by atoms with Crippen LogP contribution in [0, 0.1) is 0 Å². The standard InChI is InChI=1S/C26H35N7O2/c1-26(2)24(34)33(19-6-3-4-7-19)23-21(35-26)17-28-25(30-23)29-22-11-10-20(16-27-22)32-14-12-31(13-15-32)18-8-5-9-18/h10-11,16-19H,3-9,12-15H2,1-2H3,(H,27,28,29,30). The number of anilines is 4. The second-order valence-electron chi connectivity index (χ2n) is 10.7. The highest BCUT2D eigenvalue weighted by atomic mass is 16.5. The molecule has 1 N–H and O–H groups in total. The quantitative estimate of drug-likeness (QED) is 0.697. The van der Waals surface area contributed by atoms with Gasteiger partial charge in [-0.3, -0.25) is 14.6 Å². The van der Waals surface area contributed by atoms with Crippen molar-refractivity contribution >= 4 is 29.2 Å². The highest BCUT2D eigenvalue weighted by Crippen LogP contribution is 2.40. The van der Waals surface area contributed by atoms with Gasteiger partial charge in [0, 0.05) is 38.3 Å². The molecule has 4 heterocycles. The zero-order valence-corrected chi connectivity index (χ0v) is 20.7. The van der Waals surface area contributed by atoms with Crippen molar-refractivity contribution in [1.82, 2.24) is 19.9 Å². The number of amides is 1. The number of ether oxygens (including phenoxy) is 1. The van der Waals surface area contributed by atoms with E-state index < -0.39 is 5.60 Å². The minimum absolute atomic E-state index is 0.0403. The molecule has 0 unspecified atom stereocenters. The first kappa shape index (κ1) is 22.5. The van der Waals surface area contributed by atoms with E-state index in [0.29, 0.717) is 23.3 Å². The Labute approximate surface area is 206 Å². The maximum absolute atomic E-state index is 13.2. The van der Waals surface area contributed by atoms with E-state index in [9.17, 15) is 4.79 Å². The van der Waals surface area contributed by atoms with Gasteiger partial charge in [-0.05, 0) is 51.7 Å². The summed E-state index contributed by atoms with van der Waals surface area (Å²) in [7, 11) is 0. The second-order valence-corrected chi connectivity index (χ2v) is 10.7. The van der Waals surface area contributed by atoms with Crippen LogP contribution in [0.15, 0.2) is 24.5 Å². The number of hydrogen-bond donors (Lipinski definition) is 1. The molecule has 0 bridgehead atoms. The average Bonchev–Trinajstić information content (AvgIpc) is 3.35. The lowest BCUT2D eigenvalue weighted by molar-refractivity contribution is -0.133. The van der Waals surface area contributed by atoms with Crippen LogP contribution in [0.4, 0.5) is 23.3 Å². The summed E-state index contributed by atoms with van der Waals surface area (Å²) in [4.78, 5) is 33.9. The van der Waals surface area contributed by atoms with Crippen molar-refractivity contribution in [3.05, 3.63) is 24.5 Å². The van der Waals surface area contributed by atoms with E-state index in [4.69, 9.17) is 9.72 Å². The molecule has 35 heavy (non-hydrogen) atoms. The van der Waals surface area contributed by atoms with E-state index in [1.807, 2.05) is 31.0 Å². The zero-order valence-electron chi connectivity index (χ0n) is 20.7. The number of pyridine rings is 1. The Morgan fingerprint density at radius 3 is 2.34 bits per heavy atom. The van der Waals surface area contributed by atoms with Crippen LogP contribution in [0.25, 0.3) is 0 Å². The Morgan fingerprint density at radius 1 is 0.943 bits per heavy atom. The molecule has 1 amide bonds. The molecule has 1 saturated heterocycles. The van der Waals surface area contributed by atoms with Crippen LogP contribution in [-0.4, -0.2) is 69.6 Å². The molecule has 0 radical (unpaired) electrons. The van der Waals surface area contributed by atoms with Crippen molar-refractivity contribution in [3.63, 3.8) is 0 Å². The van der Waals surface area contributed by atoms with Crippen molar-refractivity contribution in [2.75, 3.05) is 41.3 Å². The number of hydrogen-bond acceptors (Lipinski definition) is 8. The fourth-order valence-electron chi connectivity index (χ4n) is 5.73. The van der Waals surface area contributed by atoms with Crippen LogP contribution in [-0.2, 0) is 4.79 Å². The van der Waals surface area contributed by atoms with E-state index >= 15 is 0 Å². The molecule has 4 aliphatic rings. The Bertz CT molecular complexity index is 1070. The Hall–Kier alpha value is -2.94. The van der Waals surface area contributed by atoms with E-state index in [1.54, 1.807) is 6.20 Å². The second kappa shape index (κ2) is 8.93. The summed E-state index contributed by atoms with van der Waals surface area (Å²) in [5.74, 6) is 2.16. The van der Waals surface area contributed by atoms with Gasteiger partial charge in [-0.15, -0.1) is 0 Å². The third-order valence-electron chi connectivity index (χ3n) is 8.01. The first-order valence-electron chi connectivity index (χ1n) is 13.1. The number of nitrogens with zero attached hydrogens (tertiary/aromatic N) is 6. The minimum atomic E-state index is -0.922. The van der Waals surface area contributed by atoms with Gasteiger partial charge in [0.2, 0.25) is 5.95 Å². The highest BCUT2D eigenvalue weighted by Gasteiger charge is 2.45. The first-order valence-corrected chi connectivity index (χ1v) is 13.1. The zero-order chi connectivity index (χ0) is 24.0. The molecule has 2 aliphatic heterocycles. The molecule has 0 spiro atoms. The Morgan fingerprint density at radius 2 is 1.69 bits per heavy atom. The Balaban J connectivity index is 1.16. The third kappa shape index (κ3) is 4.30. The molecule has 186 valence electrons. The summed E-state index contributed by atoms with van der Waals surface area (Å²) in [6.07, 6.45) is 11.9. The van der Waals surface area contributed by atoms with Crippen molar-refractivity contribution < 1.29 is 9.53 Å². The lowest BCUT2D eigenvalue weighted by Gasteiger charge is -2.43. The molecular weight excluding hydrogens is 442 g/mol. The fourth-order valence-corrected chi connectivity index (χ4v) is 5.73. The highest BCUT2D eigenvalue weighted by molar-refractivity contribution is 6.02. The summed E-state index contributed by atoms with van der Waals surface area (Å²) in [5.41, 5.74) is 0.220. The van der Waals surface area contributed by atoms with Gasteiger partial charge in [-0.2, -0.15) is 4.98 Å². The van der Waals surface area contributed by atoms with Crippen molar-refractivity contribution in [2.24, 2.45) is 0 Å². The van der Waals surface area contributed by atoms with Gasteiger partial charge >= 0.3 is 0 Å². The lowest BCUT2D eigenvalue weighted by Crippen LogP contribution is -2.55. The van der Waals surface area contributed by atoms with Gasteiger partial charge in [-0.1, -0.05) is 19.3 Å². The number of carbonyl (C=O) groups excluding carboxylic acids is 1. The smallest absolute Gasteiger partial charge is 0.272 e. The summed E-state index contributed by atoms with van der Waals surface area (Å²) in [6.45, 7) is 7.96. The molecule has 3 fully saturated rings. The summed E-state index contributed by atoms with van der Waals surface area (Å²) < 4.78 is 5.97. The SMILES string of the molecule is CC1(C)Oc2cnc(Nc3ccc(N4CCN(C5CCC5)CC4)cn3)nc2N(C2CCCC2)C1=O. The van der Waals surface area contributed by atoms with E-state index in [2.05, 4.69) is 31.2 Å². The van der Waals surface area contributed by atoms with Gasteiger partial charge in [0.25, 0.3) is 5.91 Å².